The van der Waals surface area contributed by atoms with Crippen molar-refractivity contribution in [3.05, 3.63) is 0 Å². The summed E-state index contributed by atoms with van der Waals surface area (Å²) in [6, 6.07) is 0. The first-order chi connectivity index (χ1) is 5.61. The molecule has 0 N–H and O–H groups in total. The zero-order valence-corrected chi connectivity index (χ0v) is 8.96. The maximum Gasteiger partial charge on any atom is 0.207 e. The molecule has 0 bridgehead atoms. The van der Waals surface area contributed by atoms with E-state index in [0.29, 0.717) is 0 Å². The summed E-state index contributed by atoms with van der Waals surface area (Å²) < 4.78 is 11.3. The lowest BCUT2D eigenvalue weighted by Crippen LogP contribution is -2.49. The van der Waals surface area contributed by atoms with E-state index in [1.807, 2.05) is 0 Å². The van der Waals surface area contributed by atoms with Gasteiger partial charge in [-0.2, -0.15) is 0 Å². The van der Waals surface area contributed by atoms with E-state index < -0.39 is 0 Å². The second-order valence-corrected chi connectivity index (χ2v) is 3.34. The van der Waals surface area contributed by atoms with Gasteiger partial charge in [-0.3, -0.25) is 0 Å². The minimum Gasteiger partial charge on any atom is -0.351 e. The summed E-state index contributed by atoms with van der Waals surface area (Å²) >= 11 is 0. The largest absolute Gasteiger partial charge is 0.351 e. The van der Waals surface area contributed by atoms with Crippen LogP contribution in [0.15, 0.2) is 0 Å². The van der Waals surface area contributed by atoms with Crippen molar-refractivity contribution in [1.82, 2.24) is 0 Å². The molecule has 3 heteroatoms. The summed E-state index contributed by atoms with van der Waals surface area (Å²) in [5.41, 5.74) is 0. The Morgan fingerprint density at radius 3 is 1.75 bits per heavy atom. The van der Waals surface area contributed by atoms with Gasteiger partial charge in [0.2, 0.25) is 6.29 Å². The maximum absolute atomic E-state index is 5.16. The van der Waals surface area contributed by atoms with Gasteiger partial charge in [0.25, 0.3) is 0 Å². The monoisotopic (exact) mass is 176 g/mol. The Hall–Kier alpha value is -0.120. The third-order valence-electron chi connectivity index (χ3n) is 2.64. The molecule has 0 saturated carbocycles. The first kappa shape index (κ1) is 11.9. The quantitative estimate of drug-likeness (QED) is 0.445. The third kappa shape index (κ3) is 3.52. The fourth-order valence-corrected chi connectivity index (χ4v) is 1.09. The van der Waals surface area contributed by atoms with Crippen LogP contribution in [0.3, 0.4) is 0 Å². The van der Waals surface area contributed by atoms with Crippen molar-refractivity contribution in [2.75, 3.05) is 40.9 Å². The van der Waals surface area contributed by atoms with Crippen LogP contribution in [0.4, 0.5) is 0 Å². The molecule has 0 spiro atoms. The van der Waals surface area contributed by atoms with Gasteiger partial charge >= 0.3 is 0 Å². The SMILES string of the molecule is CC[N+](C)(CC)CC(OC)OC. The Balaban J connectivity index is 3.99. The standard InChI is InChI=1S/C9H22NO2/c1-6-10(3,7-2)8-9(11-4)12-5/h9H,6-8H2,1-5H3/q+1. The van der Waals surface area contributed by atoms with Crippen molar-refractivity contribution in [3.8, 4) is 0 Å². The van der Waals surface area contributed by atoms with Gasteiger partial charge in [0.15, 0.2) is 0 Å². The van der Waals surface area contributed by atoms with Crippen LogP contribution in [0.5, 0.6) is 0 Å². The van der Waals surface area contributed by atoms with E-state index in [1.165, 1.54) is 0 Å². The molecular weight excluding hydrogens is 154 g/mol. The highest BCUT2D eigenvalue weighted by atomic mass is 16.7. The molecule has 3 nitrogen and oxygen atoms in total. The fourth-order valence-electron chi connectivity index (χ4n) is 1.09. The van der Waals surface area contributed by atoms with E-state index in [0.717, 1.165) is 24.1 Å². The number of nitrogens with zero attached hydrogens (tertiary/aromatic N) is 1. The molecule has 0 aliphatic heterocycles. The van der Waals surface area contributed by atoms with Gasteiger partial charge in [0.1, 0.15) is 6.54 Å². The maximum atomic E-state index is 5.16. The first-order valence-electron chi connectivity index (χ1n) is 4.51. The molecular formula is C9H22NO2+. The highest BCUT2D eigenvalue weighted by Gasteiger charge is 2.22. The third-order valence-corrected chi connectivity index (χ3v) is 2.64. The molecule has 0 heterocycles. The number of quaternary nitrogens is 1. The fraction of sp³-hybridized carbons (Fsp3) is 1.00. The number of rotatable bonds is 6. The molecule has 0 unspecified atom stereocenters. The molecule has 0 radical (unpaired) electrons. The summed E-state index contributed by atoms with van der Waals surface area (Å²) in [5.74, 6) is 0. The van der Waals surface area contributed by atoms with E-state index in [2.05, 4.69) is 20.9 Å². The normalized spacial score (nSPS) is 12.5. The van der Waals surface area contributed by atoms with Crippen molar-refractivity contribution < 1.29 is 14.0 Å². The van der Waals surface area contributed by atoms with Gasteiger partial charge < -0.3 is 14.0 Å². The molecule has 0 rings (SSSR count). The van der Waals surface area contributed by atoms with Crippen molar-refractivity contribution in [2.45, 2.75) is 20.1 Å². The molecule has 0 aromatic heterocycles. The molecule has 0 aliphatic carbocycles. The minimum atomic E-state index is -0.0742. The lowest BCUT2D eigenvalue weighted by atomic mass is 10.4. The second kappa shape index (κ2) is 5.51. The van der Waals surface area contributed by atoms with E-state index >= 15 is 0 Å². The van der Waals surface area contributed by atoms with E-state index in [9.17, 15) is 0 Å². The number of likely N-dealkylation sites (N-methyl/N-ethyl adjacent to an activating group) is 1. The predicted octanol–water partition coefficient (Wildman–Crippen LogP) is 1.09. The van der Waals surface area contributed by atoms with Crippen LogP contribution in [0.25, 0.3) is 0 Å². The zero-order valence-electron chi connectivity index (χ0n) is 8.96. The van der Waals surface area contributed by atoms with E-state index in [1.54, 1.807) is 14.2 Å². The molecule has 0 saturated heterocycles. The van der Waals surface area contributed by atoms with Crippen molar-refractivity contribution in [3.63, 3.8) is 0 Å². The smallest absolute Gasteiger partial charge is 0.207 e. The molecule has 0 aliphatic rings. The van der Waals surface area contributed by atoms with Gasteiger partial charge in [-0.05, 0) is 13.8 Å². The highest BCUT2D eigenvalue weighted by Crippen LogP contribution is 2.05. The van der Waals surface area contributed by atoms with Crippen LogP contribution >= 0.6 is 0 Å². The predicted molar refractivity (Wildman–Crippen MR) is 49.9 cm³/mol. The molecule has 0 atom stereocenters. The second-order valence-electron chi connectivity index (χ2n) is 3.34. The van der Waals surface area contributed by atoms with Crippen molar-refractivity contribution >= 4 is 0 Å². The van der Waals surface area contributed by atoms with Gasteiger partial charge in [0, 0.05) is 14.2 Å². The summed E-state index contributed by atoms with van der Waals surface area (Å²) in [6.45, 7) is 7.51. The van der Waals surface area contributed by atoms with Crippen molar-refractivity contribution in [2.24, 2.45) is 0 Å². The van der Waals surface area contributed by atoms with E-state index in [-0.39, 0.29) is 6.29 Å². The number of ether oxygens (including phenoxy) is 2. The Morgan fingerprint density at radius 2 is 1.50 bits per heavy atom. The van der Waals surface area contributed by atoms with Gasteiger partial charge in [-0.25, -0.2) is 0 Å². The molecule has 0 aromatic carbocycles. The molecule has 0 aromatic rings. The lowest BCUT2D eigenvalue weighted by molar-refractivity contribution is -0.911. The Bertz CT molecular complexity index is 109. The summed E-state index contributed by atoms with van der Waals surface area (Å²) in [7, 11) is 5.58. The van der Waals surface area contributed by atoms with Crippen LogP contribution in [-0.2, 0) is 9.47 Å². The first-order valence-corrected chi connectivity index (χ1v) is 4.51. The average Bonchev–Trinajstić information content (AvgIpc) is 2.14. The molecule has 0 amide bonds. The number of hydrogen-bond acceptors (Lipinski definition) is 2. The summed E-state index contributed by atoms with van der Waals surface area (Å²) in [6.07, 6.45) is -0.0742. The highest BCUT2D eigenvalue weighted by molar-refractivity contribution is 4.41. The molecule has 74 valence electrons. The molecule has 0 fully saturated rings. The Kier molecular flexibility index (Phi) is 5.46. The summed E-state index contributed by atoms with van der Waals surface area (Å²) in [4.78, 5) is 0. The topological polar surface area (TPSA) is 18.5 Å². The summed E-state index contributed by atoms with van der Waals surface area (Å²) in [5, 5.41) is 0. The Morgan fingerprint density at radius 1 is 1.08 bits per heavy atom. The van der Waals surface area contributed by atoms with Crippen LogP contribution in [0.1, 0.15) is 13.8 Å². The lowest BCUT2D eigenvalue weighted by Gasteiger charge is -2.34. The van der Waals surface area contributed by atoms with E-state index in [4.69, 9.17) is 9.47 Å². The Labute approximate surface area is 75.9 Å². The van der Waals surface area contributed by atoms with Crippen molar-refractivity contribution in [1.29, 1.82) is 0 Å². The number of methoxy groups -OCH3 is 2. The van der Waals surface area contributed by atoms with Crippen LogP contribution in [-0.4, -0.2) is 51.7 Å². The van der Waals surface area contributed by atoms with Gasteiger partial charge in [-0.1, -0.05) is 0 Å². The van der Waals surface area contributed by atoms with Gasteiger partial charge in [-0.15, -0.1) is 0 Å². The zero-order chi connectivity index (χ0) is 9.61. The average molecular weight is 176 g/mol. The molecule has 12 heavy (non-hydrogen) atoms. The number of hydrogen-bond donors (Lipinski definition) is 0. The van der Waals surface area contributed by atoms with Crippen LogP contribution in [0.2, 0.25) is 0 Å². The van der Waals surface area contributed by atoms with Gasteiger partial charge in [0.05, 0.1) is 20.1 Å². The van der Waals surface area contributed by atoms with Crippen LogP contribution in [0, 0.1) is 0 Å². The van der Waals surface area contributed by atoms with Crippen LogP contribution < -0.4 is 0 Å². The minimum absolute atomic E-state index is 0.0742.